The van der Waals surface area contributed by atoms with Crippen LogP contribution in [0.4, 0.5) is 0 Å². The molecule has 0 atom stereocenters. The number of hydrogen-bond acceptors (Lipinski definition) is 7. The number of aryl methyl sites for hydroxylation is 2. The van der Waals surface area contributed by atoms with Gasteiger partial charge in [0.15, 0.2) is 0 Å². The predicted molar refractivity (Wildman–Crippen MR) is 201 cm³/mol. The number of aliphatic hydroxyl groups is 2. The topological polar surface area (TPSA) is 102 Å². The Balaban J connectivity index is 2.05. The molecule has 0 spiro atoms. The molecule has 0 unspecified atom stereocenters. The number of ether oxygens (including phenoxy) is 3. The van der Waals surface area contributed by atoms with Crippen LogP contribution in [0.3, 0.4) is 0 Å². The first-order valence-electron chi connectivity index (χ1n) is 17.8. The van der Waals surface area contributed by atoms with E-state index in [1.165, 1.54) is 36.0 Å². The quantitative estimate of drug-likeness (QED) is 0.0660. The summed E-state index contributed by atoms with van der Waals surface area (Å²) in [4.78, 5) is 24.5. The first-order valence-corrected chi connectivity index (χ1v) is 17.8. The number of hydrogen-bond donors (Lipinski definition) is 2. The highest BCUT2D eigenvalue weighted by molar-refractivity contribution is 5.87. The molecule has 0 fully saturated rings. The normalized spacial score (nSPS) is 11.3. The first kappa shape index (κ1) is 40.2. The van der Waals surface area contributed by atoms with Crippen LogP contribution in [0.5, 0.6) is 5.75 Å². The van der Waals surface area contributed by atoms with Crippen LogP contribution in [0.1, 0.15) is 82.6 Å². The average molecular weight is 685 g/mol. The summed E-state index contributed by atoms with van der Waals surface area (Å²) in [6.45, 7) is 16.9. The second kappa shape index (κ2) is 19.9. The van der Waals surface area contributed by atoms with E-state index in [9.17, 15) is 19.8 Å². The van der Waals surface area contributed by atoms with Gasteiger partial charge in [0, 0.05) is 29.4 Å². The minimum atomic E-state index is -0.707. The van der Waals surface area contributed by atoms with Gasteiger partial charge in [-0.05, 0) is 96.2 Å². The second-order valence-corrected chi connectivity index (χ2v) is 13.6. The van der Waals surface area contributed by atoms with Crippen molar-refractivity contribution in [1.82, 2.24) is 0 Å². The highest BCUT2D eigenvalue weighted by Gasteiger charge is 2.24. The van der Waals surface area contributed by atoms with E-state index < -0.39 is 17.4 Å². The Bertz CT molecular complexity index is 1540. The van der Waals surface area contributed by atoms with Crippen LogP contribution in [0.15, 0.2) is 78.9 Å². The molecule has 50 heavy (non-hydrogen) atoms. The van der Waals surface area contributed by atoms with Crippen molar-refractivity contribution in [2.45, 2.75) is 86.0 Å². The van der Waals surface area contributed by atoms with Crippen molar-refractivity contribution in [1.29, 1.82) is 0 Å². The molecule has 0 bridgehead atoms. The summed E-state index contributed by atoms with van der Waals surface area (Å²) in [6, 6.07) is 19.6. The number of rotatable bonds is 21. The Morgan fingerprint density at radius 3 is 1.74 bits per heavy atom. The maximum absolute atomic E-state index is 12.2. The summed E-state index contributed by atoms with van der Waals surface area (Å²) in [7, 11) is 0. The highest BCUT2D eigenvalue weighted by Crippen LogP contribution is 2.36. The molecule has 0 aliphatic heterocycles. The molecule has 3 aromatic carbocycles. The first-order chi connectivity index (χ1) is 23.9. The highest BCUT2D eigenvalue weighted by atomic mass is 16.5. The van der Waals surface area contributed by atoms with Gasteiger partial charge in [0.1, 0.15) is 5.75 Å². The predicted octanol–water partition coefficient (Wildman–Crippen LogP) is 8.40. The van der Waals surface area contributed by atoms with E-state index in [0.29, 0.717) is 36.2 Å². The number of aliphatic hydroxyl groups excluding tert-OH is 2. The minimum absolute atomic E-state index is 0.120. The van der Waals surface area contributed by atoms with Crippen molar-refractivity contribution in [2.75, 3.05) is 33.0 Å². The molecule has 7 nitrogen and oxygen atoms in total. The van der Waals surface area contributed by atoms with Gasteiger partial charge in [0.25, 0.3) is 0 Å². The number of carbonyl (C=O) groups is 2. The molecule has 0 radical (unpaired) electrons. The van der Waals surface area contributed by atoms with E-state index in [-0.39, 0.29) is 33.0 Å². The largest absolute Gasteiger partial charge is 0.493 e. The van der Waals surface area contributed by atoms with Gasteiger partial charge in [0.2, 0.25) is 0 Å². The smallest absolute Gasteiger partial charge is 0.333 e. The molecule has 0 amide bonds. The van der Waals surface area contributed by atoms with Crippen LogP contribution in [-0.2, 0) is 44.7 Å². The molecule has 0 heterocycles. The third-order valence-electron chi connectivity index (χ3n) is 9.02. The molecule has 3 rings (SSSR count). The number of carbonyl (C=O) groups excluding carboxylic acids is 2. The summed E-state index contributed by atoms with van der Waals surface area (Å²) in [6.07, 6.45) is 6.73. The number of esters is 2. The summed E-state index contributed by atoms with van der Waals surface area (Å²) < 4.78 is 17.4. The lowest BCUT2D eigenvalue weighted by Crippen LogP contribution is -2.28. The molecule has 3 aromatic rings. The lowest BCUT2D eigenvalue weighted by atomic mass is 9.89. The van der Waals surface area contributed by atoms with Crippen molar-refractivity contribution in [3.63, 3.8) is 0 Å². The van der Waals surface area contributed by atoms with E-state index in [1.807, 2.05) is 0 Å². The van der Waals surface area contributed by atoms with Crippen molar-refractivity contribution in [3.05, 3.63) is 101 Å². The minimum Gasteiger partial charge on any atom is -0.493 e. The Kier molecular flexibility index (Phi) is 16.0. The monoisotopic (exact) mass is 684 g/mol. The zero-order chi connectivity index (χ0) is 36.7. The summed E-state index contributed by atoms with van der Waals surface area (Å²) >= 11 is 0. The van der Waals surface area contributed by atoms with Gasteiger partial charge in [-0.1, -0.05) is 89.2 Å². The van der Waals surface area contributed by atoms with Crippen molar-refractivity contribution >= 4 is 11.9 Å². The van der Waals surface area contributed by atoms with E-state index >= 15 is 0 Å². The van der Waals surface area contributed by atoms with Gasteiger partial charge in [0.05, 0.1) is 33.0 Å². The molecule has 0 saturated carbocycles. The van der Waals surface area contributed by atoms with E-state index in [1.54, 1.807) is 20.8 Å². The maximum atomic E-state index is 12.2. The maximum Gasteiger partial charge on any atom is 0.333 e. The Hall–Kier alpha value is -4.20. The Morgan fingerprint density at radius 1 is 0.700 bits per heavy atom. The molecular weight excluding hydrogens is 628 g/mol. The third-order valence-corrected chi connectivity index (χ3v) is 9.02. The molecular formula is C43H56O7. The van der Waals surface area contributed by atoms with Crippen molar-refractivity contribution < 1.29 is 34.0 Å². The summed E-state index contributed by atoms with van der Waals surface area (Å²) in [5.74, 6) is -0.316. The van der Waals surface area contributed by atoms with Crippen LogP contribution >= 0.6 is 0 Å². The van der Waals surface area contributed by atoms with Crippen molar-refractivity contribution in [2.24, 2.45) is 5.41 Å². The lowest BCUT2D eigenvalue weighted by molar-refractivity contribution is -0.139. The van der Waals surface area contributed by atoms with Crippen molar-refractivity contribution in [3.8, 4) is 28.0 Å². The van der Waals surface area contributed by atoms with Gasteiger partial charge < -0.3 is 24.4 Å². The SMILES string of the molecule is C=C(C)C(=O)OCCc1cc(-c2ccc(-c3ccc(CCCCC)cc3)cc2CC)cc(CCOC(=O)C(=C)C)c1OCCC(C)(CO)CO. The van der Waals surface area contributed by atoms with Crippen LogP contribution < -0.4 is 4.74 Å². The average Bonchev–Trinajstić information content (AvgIpc) is 3.12. The molecule has 0 saturated heterocycles. The fourth-order valence-electron chi connectivity index (χ4n) is 5.62. The fraction of sp³-hybridized carbons (Fsp3) is 0.442. The number of unbranched alkanes of at least 4 members (excludes halogenated alkanes) is 2. The van der Waals surface area contributed by atoms with Crippen LogP contribution in [-0.4, -0.2) is 55.2 Å². The third kappa shape index (κ3) is 11.7. The van der Waals surface area contributed by atoms with Gasteiger partial charge in [-0.2, -0.15) is 0 Å². The van der Waals surface area contributed by atoms with Gasteiger partial charge in [-0.3, -0.25) is 0 Å². The molecule has 2 N–H and O–H groups in total. The summed E-state index contributed by atoms with van der Waals surface area (Å²) in [5, 5.41) is 19.7. The summed E-state index contributed by atoms with van der Waals surface area (Å²) in [5.41, 5.74) is 8.52. The zero-order valence-corrected chi connectivity index (χ0v) is 30.7. The Morgan fingerprint density at radius 2 is 1.24 bits per heavy atom. The van der Waals surface area contributed by atoms with Crippen LogP contribution in [0, 0.1) is 5.41 Å². The molecule has 270 valence electrons. The van der Waals surface area contributed by atoms with Gasteiger partial charge in [-0.25, -0.2) is 9.59 Å². The van der Waals surface area contributed by atoms with E-state index in [2.05, 4.69) is 81.6 Å². The molecule has 0 aromatic heterocycles. The van der Waals surface area contributed by atoms with Crippen LogP contribution in [0.25, 0.3) is 22.3 Å². The molecule has 7 heteroatoms. The van der Waals surface area contributed by atoms with E-state index in [0.717, 1.165) is 40.7 Å². The fourth-order valence-corrected chi connectivity index (χ4v) is 5.62. The van der Waals surface area contributed by atoms with E-state index in [4.69, 9.17) is 14.2 Å². The molecule has 0 aliphatic carbocycles. The zero-order valence-electron chi connectivity index (χ0n) is 30.7. The van der Waals surface area contributed by atoms with Gasteiger partial charge >= 0.3 is 11.9 Å². The Labute approximate surface area is 299 Å². The lowest BCUT2D eigenvalue weighted by Gasteiger charge is -2.25. The second-order valence-electron chi connectivity index (χ2n) is 13.6. The van der Waals surface area contributed by atoms with Crippen LogP contribution in [0.2, 0.25) is 0 Å². The number of benzene rings is 3. The standard InChI is InChI=1S/C43H56O7/c1-8-10-11-12-32-13-15-34(16-14-32)35-17-18-39(33(9-2)25-35)38-26-36(19-22-49-41(46)30(3)4)40(48-24-21-43(7,28-44)29-45)37(27-38)20-23-50-42(47)31(5)6/h13-18,25-27,44-45H,3,5,8-12,19-24,28-29H2,1-2,4,6-7H3. The van der Waals surface area contributed by atoms with Gasteiger partial charge in [-0.15, -0.1) is 0 Å². The molecule has 0 aliphatic rings.